The zero-order chi connectivity index (χ0) is 16.2. The minimum absolute atomic E-state index is 0.209. The van der Waals surface area contributed by atoms with Crippen LogP contribution in [-0.2, 0) is 11.3 Å². The van der Waals surface area contributed by atoms with Gasteiger partial charge in [0.1, 0.15) is 5.60 Å². The standard InChI is InChI=1S/C17H27N3O2/c1-13-10-18-8-7-14(13)11-19-15-6-5-9-20(12-15)16(21)22-17(2,3)4/h7-8,10,15,19H,5-6,9,11-12H2,1-4H3. The highest BCUT2D eigenvalue weighted by Crippen LogP contribution is 2.16. The van der Waals surface area contributed by atoms with Crippen LogP contribution >= 0.6 is 0 Å². The van der Waals surface area contributed by atoms with Crippen LogP contribution < -0.4 is 5.32 Å². The molecule has 5 nitrogen and oxygen atoms in total. The molecular formula is C17H27N3O2. The maximum atomic E-state index is 12.2. The zero-order valence-corrected chi connectivity index (χ0v) is 14.1. The summed E-state index contributed by atoms with van der Waals surface area (Å²) < 4.78 is 5.46. The van der Waals surface area contributed by atoms with Gasteiger partial charge >= 0.3 is 6.09 Å². The van der Waals surface area contributed by atoms with E-state index < -0.39 is 5.60 Å². The van der Waals surface area contributed by atoms with E-state index in [4.69, 9.17) is 4.74 Å². The van der Waals surface area contributed by atoms with Gasteiger partial charge in [0.05, 0.1) is 0 Å². The third-order valence-corrected chi connectivity index (χ3v) is 3.79. The normalized spacial score (nSPS) is 19.1. The van der Waals surface area contributed by atoms with Crippen molar-refractivity contribution in [2.45, 2.75) is 58.7 Å². The first kappa shape index (κ1) is 16.7. The number of pyridine rings is 1. The lowest BCUT2D eigenvalue weighted by atomic mass is 10.1. The van der Waals surface area contributed by atoms with Gasteiger partial charge in [0, 0.05) is 38.1 Å². The molecule has 1 saturated heterocycles. The quantitative estimate of drug-likeness (QED) is 0.933. The van der Waals surface area contributed by atoms with Gasteiger partial charge in [-0.25, -0.2) is 4.79 Å². The van der Waals surface area contributed by atoms with Crippen LogP contribution in [0.15, 0.2) is 18.5 Å². The highest BCUT2D eigenvalue weighted by atomic mass is 16.6. The number of aryl methyl sites for hydroxylation is 1. The number of carbonyl (C=O) groups is 1. The number of hydrogen-bond acceptors (Lipinski definition) is 4. The first-order chi connectivity index (χ1) is 10.3. The van der Waals surface area contributed by atoms with Crippen molar-refractivity contribution in [2.24, 2.45) is 0 Å². The average Bonchev–Trinajstić information content (AvgIpc) is 2.45. The lowest BCUT2D eigenvalue weighted by Crippen LogP contribution is -2.49. The largest absolute Gasteiger partial charge is 0.444 e. The number of amides is 1. The fourth-order valence-electron chi connectivity index (χ4n) is 2.59. The Hall–Kier alpha value is -1.62. The monoisotopic (exact) mass is 305 g/mol. The van der Waals surface area contributed by atoms with E-state index >= 15 is 0 Å². The van der Waals surface area contributed by atoms with Crippen LogP contribution in [0.2, 0.25) is 0 Å². The van der Waals surface area contributed by atoms with Crippen LogP contribution in [0.4, 0.5) is 4.79 Å². The predicted molar refractivity (Wildman–Crippen MR) is 86.6 cm³/mol. The van der Waals surface area contributed by atoms with E-state index in [1.165, 1.54) is 11.1 Å². The van der Waals surface area contributed by atoms with E-state index in [2.05, 4.69) is 17.2 Å². The molecule has 1 unspecified atom stereocenters. The van der Waals surface area contributed by atoms with Gasteiger partial charge in [-0.3, -0.25) is 4.98 Å². The number of ether oxygens (including phenoxy) is 1. The van der Waals surface area contributed by atoms with Gasteiger partial charge in [-0.2, -0.15) is 0 Å². The van der Waals surface area contributed by atoms with Crippen molar-refractivity contribution >= 4 is 6.09 Å². The van der Waals surface area contributed by atoms with Gasteiger partial charge in [-0.1, -0.05) is 0 Å². The molecule has 1 aromatic rings. The number of hydrogen-bond donors (Lipinski definition) is 1. The summed E-state index contributed by atoms with van der Waals surface area (Å²) in [6, 6.07) is 2.35. The van der Waals surface area contributed by atoms with E-state index in [9.17, 15) is 4.79 Å². The van der Waals surface area contributed by atoms with Gasteiger partial charge in [-0.05, 0) is 57.7 Å². The summed E-state index contributed by atoms with van der Waals surface area (Å²) >= 11 is 0. The molecule has 1 atom stereocenters. The number of likely N-dealkylation sites (tertiary alicyclic amines) is 1. The average molecular weight is 305 g/mol. The number of nitrogens with one attached hydrogen (secondary N) is 1. The molecule has 1 N–H and O–H groups in total. The number of aromatic nitrogens is 1. The van der Waals surface area contributed by atoms with Crippen molar-refractivity contribution in [3.63, 3.8) is 0 Å². The van der Waals surface area contributed by atoms with E-state index in [1.807, 2.05) is 44.1 Å². The predicted octanol–water partition coefficient (Wildman–Crippen LogP) is 2.88. The number of piperidine rings is 1. The van der Waals surface area contributed by atoms with Crippen LogP contribution in [0.5, 0.6) is 0 Å². The van der Waals surface area contributed by atoms with Crippen LogP contribution in [0.3, 0.4) is 0 Å². The lowest BCUT2D eigenvalue weighted by molar-refractivity contribution is 0.0187. The third kappa shape index (κ3) is 4.98. The van der Waals surface area contributed by atoms with E-state index in [1.54, 1.807) is 0 Å². The summed E-state index contributed by atoms with van der Waals surface area (Å²) in [6.07, 6.45) is 5.58. The van der Waals surface area contributed by atoms with Gasteiger partial charge < -0.3 is 15.0 Å². The molecule has 22 heavy (non-hydrogen) atoms. The molecular weight excluding hydrogens is 278 g/mol. The number of rotatable bonds is 3. The Morgan fingerprint density at radius 3 is 2.95 bits per heavy atom. The Morgan fingerprint density at radius 2 is 2.27 bits per heavy atom. The summed E-state index contributed by atoms with van der Waals surface area (Å²) in [6.45, 7) is 10.1. The molecule has 1 fully saturated rings. The fraction of sp³-hybridized carbons (Fsp3) is 0.647. The first-order valence-corrected chi connectivity index (χ1v) is 7.96. The van der Waals surface area contributed by atoms with E-state index in [0.29, 0.717) is 12.6 Å². The SMILES string of the molecule is Cc1cnccc1CNC1CCCN(C(=O)OC(C)(C)C)C1. The zero-order valence-electron chi connectivity index (χ0n) is 14.1. The molecule has 1 aliphatic rings. The van der Waals surface area contributed by atoms with Crippen LogP contribution in [0, 0.1) is 6.92 Å². The fourth-order valence-corrected chi connectivity index (χ4v) is 2.59. The molecule has 0 saturated carbocycles. The molecule has 0 bridgehead atoms. The van der Waals surface area contributed by atoms with Gasteiger partial charge in [0.2, 0.25) is 0 Å². The van der Waals surface area contributed by atoms with Crippen molar-refractivity contribution in [3.8, 4) is 0 Å². The molecule has 1 amide bonds. The van der Waals surface area contributed by atoms with Gasteiger partial charge in [0.25, 0.3) is 0 Å². The van der Waals surface area contributed by atoms with Gasteiger partial charge in [0.15, 0.2) is 0 Å². The molecule has 0 spiro atoms. The molecule has 2 rings (SSSR count). The second-order valence-electron chi connectivity index (χ2n) is 6.95. The maximum Gasteiger partial charge on any atom is 0.410 e. The Labute approximate surface area is 133 Å². The summed E-state index contributed by atoms with van der Waals surface area (Å²) in [4.78, 5) is 18.1. The van der Waals surface area contributed by atoms with Crippen LogP contribution in [-0.4, -0.2) is 40.7 Å². The van der Waals surface area contributed by atoms with Crippen molar-refractivity contribution in [2.75, 3.05) is 13.1 Å². The number of carbonyl (C=O) groups excluding carboxylic acids is 1. The van der Waals surface area contributed by atoms with Crippen LogP contribution in [0.25, 0.3) is 0 Å². The van der Waals surface area contributed by atoms with E-state index in [0.717, 1.165) is 25.9 Å². The highest BCUT2D eigenvalue weighted by Gasteiger charge is 2.27. The topological polar surface area (TPSA) is 54.5 Å². The molecule has 0 aliphatic carbocycles. The number of nitrogens with zero attached hydrogens (tertiary/aromatic N) is 2. The van der Waals surface area contributed by atoms with E-state index in [-0.39, 0.29) is 6.09 Å². The lowest BCUT2D eigenvalue weighted by Gasteiger charge is -2.34. The Bertz CT molecular complexity index is 511. The first-order valence-electron chi connectivity index (χ1n) is 7.96. The third-order valence-electron chi connectivity index (χ3n) is 3.79. The molecule has 5 heteroatoms. The second kappa shape index (κ2) is 7.09. The smallest absolute Gasteiger partial charge is 0.410 e. The van der Waals surface area contributed by atoms with Crippen molar-refractivity contribution in [1.82, 2.24) is 15.2 Å². The molecule has 122 valence electrons. The Kier molecular flexibility index (Phi) is 5.40. The second-order valence-corrected chi connectivity index (χ2v) is 6.95. The Balaban J connectivity index is 1.86. The maximum absolute atomic E-state index is 12.2. The molecule has 0 aromatic carbocycles. The van der Waals surface area contributed by atoms with Crippen molar-refractivity contribution < 1.29 is 9.53 Å². The minimum atomic E-state index is -0.439. The van der Waals surface area contributed by atoms with Crippen molar-refractivity contribution in [1.29, 1.82) is 0 Å². The summed E-state index contributed by atoms with van der Waals surface area (Å²) in [5.74, 6) is 0. The summed E-state index contributed by atoms with van der Waals surface area (Å²) in [5, 5.41) is 3.55. The Morgan fingerprint density at radius 1 is 1.50 bits per heavy atom. The van der Waals surface area contributed by atoms with Crippen molar-refractivity contribution in [3.05, 3.63) is 29.6 Å². The molecule has 1 aromatic heterocycles. The molecule has 2 heterocycles. The van der Waals surface area contributed by atoms with Crippen LogP contribution in [0.1, 0.15) is 44.7 Å². The minimum Gasteiger partial charge on any atom is -0.444 e. The molecule has 1 aliphatic heterocycles. The van der Waals surface area contributed by atoms with Gasteiger partial charge in [-0.15, -0.1) is 0 Å². The summed E-state index contributed by atoms with van der Waals surface area (Å²) in [7, 11) is 0. The molecule has 0 radical (unpaired) electrons. The summed E-state index contributed by atoms with van der Waals surface area (Å²) in [5.41, 5.74) is 2.00. The highest BCUT2D eigenvalue weighted by molar-refractivity contribution is 5.68.